The summed E-state index contributed by atoms with van der Waals surface area (Å²) in [5, 5.41) is 2.93. The summed E-state index contributed by atoms with van der Waals surface area (Å²) in [5.74, 6) is 1.50. The molecule has 1 heterocycles. The van der Waals surface area contributed by atoms with E-state index in [1.165, 1.54) is 0 Å². The summed E-state index contributed by atoms with van der Waals surface area (Å²) in [7, 11) is 1.92. The molecular weight excluding hydrogens is 290 g/mol. The standard InChI is InChI=1S/C18H21N3O2/c1-21-12-13(19)11-17(21)18(22)20-14-7-9-16(10-8-14)23-15-5-3-2-4-6-15/h2-10,13,17H,11-12,19H2,1H3,(H,20,22)/t13-,17+/m1/s1. The molecule has 0 saturated carbocycles. The van der Waals surface area contributed by atoms with Crippen LogP contribution in [0.25, 0.3) is 0 Å². The molecule has 5 heteroatoms. The third kappa shape index (κ3) is 3.88. The van der Waals surface area contributed by atoms with E-state index in [9.17, 15) is 4.79 Å². The first-order valence-corrected chi connectivity index (χ1v) is 7.71. The van der Waals surface area contributed by atoms with Crippen molar-refractivity contribution in [2.45, 2.75) is 18.5 Å². The Labute approximate surface area is 136 Å². The van der Waals surface area contributed by atoms with Gasteiger partial charge < -0.3 is 15.8 Å². The van der Waals surface area contributed by atoms with Crippen LogP contribution >= 0.6 is 0 Å². The quantitative estimate of drug-likeness (QED) is 0.910. The lowest BCUT2D eigenvalue weighted by Gasteiger charge is -2.18. The number of hydrogen-bond donors (Lipinski definition) is 2. The van der Waals surface area contributed by atoms with Crippen LogP contribution in [0, 0.1) is 0 Å². The zero-order chi connectivity index (χ0) is 16.2. The molecule has 1 saturated heterocycles. The maximum absolute atomic E-state index is 12.3. The number of hydrogen-bond acceptors (Lipinski definition) is 4. The van der Waals surface area contributed by atoms with Gasteiger partial charge in [-0.15, -0.1) is 0 Å². The van der Waals surface area contributed by atoms with Gasteiger partial charge in [-0.05, 0) is 49.9 Å². The zero-order valence-corrected chi connectivity index (χ0v) is 13.1. The molecule has 1 aliphatic rings. The fourth-order valence-corrected chi connectivity index (χ4v) is 2.80. The highest BCUT2D eigenvalue weighted by atomic mass is 16.5. The number of nitrogens with one attached hydrogen (secondary N) is 1. The molecule has 0 spiro atoms. The Hall–Kier alpha value is -2.37. The van der Waals surface area contributed by atoms with E-state index in [1.54, 1.807) is 0 Å². The van der Waals surface area contributed by atoms with E-state index in [0.29, 0.717) is 6.42 Å². The third-order valence-corrected chi connectivity index (χ3v) is 3.98. The van der Waals surface area contributed by atoms with Crippen molar-refractivity contribution in [1.82, 2.24) is 4.90 Å². The second kappa shape index (κ2) is 6.81. The molecule has 1 amide bonds. The summed E-state index contributed by atoms with van der Waals surface area (Å²) >= 11 is 0. The Morgan fingerprint density at radius 2 is 1.78 bits per heavy atom. The Morgan fingerprint density at radius 3 is 2.39 bits per heavy atom. The fourth-order valence-electron chi connectivity index (χ4n) is 2.80. The summed E-state index contributed by atoms with van der Waals surface area (Å²) in [5.41, 5.74) is 6.66. The van der Waals surface area contributed by atoms with Crippen molar-refractivity contribution in [2.75, 3.05) is 18.9 Å². The molecule has 2 aromatic rings. The minimum atomic E-state index is -0.162. The second-order valence-electron chi connectivity index (χ2n) is 5.88. The van der Waals surface area contributed by atoms with Gasteiger partial charge in [-0.2, -0.15) is 0 Å². The number of likely N-dealkylation sites (tertiary alicyclic amines) is 1. The molecule has 2 aromatic carbocycles. The van der Waals surface area contributed by atoms with Crippen LogP contribution in [-0.2, 0) is 4.79 Å². The topological polar surface area (TPSA) is 67.6 Å². The van der Waals surface area contributed by atoms with Crippen molar-refractivity contribution >= 4 is 11.6 Å². The van der Waals surface area contributed by atoms with Crippen molar-refractivity contribution in [3.8, 4) is 11.5 Å². The Bertz CT molecular complexity index is 658. The first-order chi connectivity index (χ1) is 11.1. The minimum Gasteiger partial charge on any atom is -0.457 e. The lowest BCUT2D eigenvalue weighted by Crippen LogP contribution is -2.37. The predicted octanol–water partition coefficient (Wildman–Crippen LogP) is 2.45. The average molecular weight is 311 g/mol. The number of carbonyl (C=O) groups is 1. The molecule has 3 N–H and O–H groups in total. The third-order valence-electron chi connectivity index (χ3n) is 3.98. The molecule has 0 aromatic heterocycles. The van der Waals surface area contributed by atoms with E-state index >= 15 is 0 Å². The molecule has 0 unspecified atom stereocenters. The highest BCUT2D eigenvalue weighted by Crippen LogP contribution is 2.23. The maximum atomic E-state index is 12.3. The number of benzene rings is 2. The number of anilines is 1. The molecule has 0 radical (unpaired) electrons. The van der Waals surface area contributed by atoms with Crippen molar-refractivity contribution in [3.05, 3.63) is 54.6 Å². The van der Waals surface area contributed by atoms with Crippen LogP contribution in [0.15, 0.2) is 54.6 Å². The highest BCUT2D eigenvalue weighted by Gasteiger charge is 2.32. The average Bonchev–Trinajstić information content (AvgIpc) is 2.89. The van der Waals surface area contributed by atoms with E-state index in [-0.39, 0.29) is 18.0 Å². The SMILES string of the molecule is CN1C[C@H](N)C[C@H]1C(=O)Nc1ccc(Oc2ccccc2)cc1. The largest absolute Gasteiger partial charge is 0.457 e. The van der Waals surface area contributed by atoms with Crippen molar-refractivity contribution in [1.29, 1.82) is 0 Å². The molecule has 3 rings (SSSR count). The van der Waals surface area contributed by atoms with Crippen LogP contribution in [-0.4, -0.2) is 36.5 Å². The molecule has 23 heavy (non-hydrogen) atoms. The molecule has 1 aliphatic heterocycles. The maximum Gasteiger partial charge on any atom is 0.241 e. The van der Waals surface area contributed by atoms with Crippen molar-refractivity contribution in [2.24, 2.45) is 5.73 Å². The van der Waals surface area contributed by atoms with E-state index in [4.69, 9.17) is 10.5 Å². The fraction of sp³-hybridized carbons (Fsp3) is 0.278. The van der Waals surface area contributed by atoms with Gasteiger partial charge in [0.15, 0.2) is 0 Å². The van der Waals surface area contributed by atoms with Gasteiger partial charge >= 0.3 is 0 Å². The van der Waals surface area contributed by atoms with Gasteiger partial charge in [-0.3, -0.25) is 9.69 Å². The zero-order valence-electron chi connectivity index (χ0n) is 13.1. The van der Waals surface area contributed by atoms with Gasteiger partial charge in [-0.25, -0.2) is 0 Å². The lowest BCUT2D eigenvalue weighted by molar-refractivity contribution is -0.119. The first kappa shape index (κ1) is 15.5. The molecule has 0 aliphatic carbocycles. The Morgan fingerprint density at radius 1 is 1.13 bits per heavy atom. The first-order valence-electron chi connectivity index (χ1n) is 7.71. The normalized spacial score (nSPS) is 21.1. The number of nitrogens with two attached hydrogens (primary N) is 1. The summed E-state index contributed by atoms with van der Waals surface area (Å²) in [4.78, 5) is 14.3. The number of carbonyl (C=O) groups excluding carboxylic acids is 1. The number of likely N-dealkylation sites (N-methyl/N-ethyl adjacent to an activating group) is 1. The van der Waals surface area contributed by atoms with E-state index in [2.05, 4.69) is 5.32 Å². The van der Waals surface area contributed by atoms with Crippen LogP contribution in [0.3, 0.4) is 0 Å². The van der Waals surface area contributed by atoms with Gasteiger partial charge in [0.1, 0.15) is 11.5 Å². The monoisotopic (exact) mass is 311 g/mol. The van der Waals surface area contributed by atoms with E-state index < -0.39 is 0 Å². The van der Waals surface area contributed by atoms with Gasteiger partial charge in [0.2, 0.25) is 5.91 Å². The molecule has 0 bridgehead atoms. The predicted molar refractivity (Wildman–Crippen MR) is 90.6 cm³/mol. The van der Waals surface area contributed by atoms with Crippen LogP contribution in [0.4, 0.5) is 5.69 Å². The Balaban J connectivity index is 1.60. The summed E-state index contributed by atoms with van der Waals surface area (Å²) in [6.07, 6.45) is 0.692. The molecule has 1 fully saturated rings. The smallest absolute Gasteiger partial charge is 0.241 e. The summed E-state index contributed by atoms with van der Waals surface area (Å²) < 4.78 is 5.73. The van der Waals surface area contributed by atoms with Gasteiger partial charge in [-0.1, -0.05) is 18.2 Å². The molecular formula is C18H21N3O2. The number of amides is 1. The van der Waals surface area contributed by atoms with E-state index in [1.807, 2.05) is 66.5 Å². The van der Waals surface area contributed by atoms with Gasteiger partial charge in [0, 0.05) is 18.3 Å². The van der Waals surface area contributed by atoms with Crippen LogP contribution in [0.2, 0.25) is 0 Å². The van der Waals surface area contributed by atoms with Crippen molar-refractivity contribution < 1.29 is 9.53 Å². The number of rotatable bonds is 4. The van der Waals surface area contributed by atoms with Crippen LogP contribution < -0.4 is 15.8 Å². The number of ether oxygens (including phenoxy) is 1. The Kier molecular flexibility index (Phi) is 4.60. The molecule has 120 valence electrons. The van der Waals surface area contributed by atoms with Crippen LogP contribution in [0.1, 0.15) is 6.42 Å². The summed E-state index contributed by atoms with van der Waals surface area (Å²) in [6, 6.07) is 16.8. The minimum absolute atomic E-state index is 0.0165. The second-order valence-corrected chi connectivity index (χ2v) is 5.88. The molecule has 2 atom stereocenters. The van der Waals surface area contributed by atoms with Gasteiger partial charge in [0.05, 0.1) is 6.04 Å². The van der Waals surface area contributed by atoms with Crippen molar-refractivity contribution in [3.63, 3.8) is 0 Å². The number of para-hydroxylation sites is 1. The number of nitrogens with zero attached hydrogens (tertiary/aromatic N) is 1. The highest BCUT2D eigenvalue weighted by molar-refractivity contribution is 5.95. The summed E-state index contributed by atoms with van der Waals surface area (Å²) in [6.45, 7) is 0.752. The lowest BCUT2D eigenvalue weighted by atomic mass is 10.1. The van der Waals surface area contributed by atoms with Gasteiger partial charge in [0.25, 0.3) is 0 Å². The van der Waals surface area contributed by atoms with E-state index in [0.717, 1.165) is 23.7 Å². The molecule has 5 nitrogen and oxygen atoms in total. The van der Waals surface area contributed by atoms with Crippen LogP contribution in [0.5, 0.6) is 11.5 Å².